The van der Waals surface area contributed by atoms with Gasteiger partial charge in [-0.15, -0.1) is 0 Å². The zero-order valence-electron chi connectivity index (χ0n) is 11.9. The number of carboxylic acid groups (broad SMARTS) is 2. The van der Waals surface area contributed by atoms with E-state index in [1.807, 2.05) is 0 Å². The fourth-order valence-corrected chi connectivity index (χ4v) is 1.50. The van der Waals surface area contributed by atoms with Gasteiger partial charge in [-0.3, -0.25) is 9.59 Å². The van der Waals surface area contributed by atoms with Crippen LogP contribution in [0.5, 0.6) is 0 Å². The zero-order valence-corrected chi connectivity index (χ0v) is 11.9. The average molecular weight is 308 g/mol. The van der Waals surface area contributed by atoms with Crippen LogP contribution in [-0.4, -0.2) is 41.2 Å². The fraction of sp³-hybridized carbons (Fsp3) is 0.214. The van der Waals surface area contributed by atoms with Gasteiger partial charge in [0.1, 0.15) is 13.1 Å². The van der Waals surface area contributed by atoms with Crippen LogP contribution in [0.4, 0.5) is 11.4 Å². The van der Waals surface area contributed by atoms with Gasteiger partial charge in [-0.05, 0) is 31.2 Å². The van der Waals surface area contributed by atoms with Gasteiger partial charge in [-0.2, -0.15) is 0 Å². The molecule has 0 aliphatic carbocycles. The molecule has 0 amide bonds. The Balaban J connectivity index is 2.75. The molecule has 0 fully saturated rings. The molecule has 0 radical (unpaired) electrons. The molecule has 1 rings (SSSR count). The Morgan fingerprint density at radius 1 is 1.14 bits per heavy atom. The second-order valence-corrected chi connectivity index (χ2v) is 4.46. The molecular formula is C14H16N2O6. The van der Waals surface area contributed by atoms with E-state index in [0.717, 1.165) is 0 Å². The average Bonchev–Trinajstić information content (AvgIpc) is 2.43. The SMILES string of the molecule is C=C(C)C(=O)ONc1ccc(N(CC(=O)O)CC(=O)O)cc1. The summed E-state index contributed by atoms with van der Waals surface area (Å²) in [7, 11) is 0. The number of carbonyl (C=O) groups is 3. The maximum absolute atomic E-state index is 11.2. The number of anilines is 2. The van der Waals surface area contributed by atoms with Crippen molar-refractivity contribution in [1.82, 2.24) is 0 Å². The minimum atomic E-state index is -1.14. The fourth-order valence-electron chi connectivity index (χ4n) is 1.50. The number of nitrogens with zero attached hydrogens (tertiary/aromatic N) is 1. The van der Waals surface area contributed by atoms with Gasteiger partial charge in [0, 0.05) is 11.3 Å². The lowest BCUT2D eigenvalue weighted by Crippen LogP contribution is -2.34. The molecule has 0 aliphatic rings. The maximum Gasteiger partial charge on any atom is 0.357 e. The van der Waals surface area contributed by atoms with Crippen LogP contribution in [0, 0.1) is 0 Å². The van der Waals surface area contributed by atoms with E-state index in [2.05, 4.69) is 12.1 Å². The van der Waals surface area contributed by atoms with Crippen LogP contribution < -0.4 is 10.4 Å². The first-order valence-corrected chi connectivity index (χ1v) is 6.21. The summed E-state index contributed by atoms with van der Waals surface area (Å²) in [6.45, 7) is 4.05. The van der Waals surface area contributed by atoms with Crippen molar-refractivity contribution in [2.24, 2.45) is 0 Å². The maximum atomic E-state index is 11.2. The van der Waals surface area contributed by atoms with Crippen molar-refractivity contribution < 1.29 is 29.4 Å². The Morgan fingerprint density at radius 2 is 1.64 bits per heavy atom. The number of aliphatic carboxylic acids is 2. The number of hydrogen-bond acceptors (Lipinski definition) is 6. The first-order valence-electron chi connectivity index (χ1n) is 6.21. The molecule has 0 bridgehead atoms. The quantitative estimate of drug-likeness (QED) is 0.483. The van der Waals surface area contributed by atoms with Crippen molar-refractivity contribution >= 4 is 29.3 Å². The van der Waals surface area contributed by atoms with Crippen LogP contribution in [0.25, 0.3) is 0 Å². The summed E-state index contributed by atoms with van der Waals surface area (Å²) in [4.78, 5) is 38.6. The first kappa shape index (κ1) is 17.0. The number of nitrogens with one attached hydrogen (secondary N) is 1. The highest BCUT2D eigenvalue weighted by molar-refractivity contribution is 5.87. The highest BCUT2D eigenvalue weighted by Crippen LogP contribution is 2.18. The third-order valence-corrected chi connectivity index (χ3v) is 2.49. The van der Waals surface area contributed by atoms with Crippen LogP contribution in [-0.2, 0) is 19.2 Å². The molecule has 22 heavy (non-hydrogen) atoms. The smallest absolute Gasteiger partial charge is 0.357 e. The van der Waals surface area contributed by atoms with Crippen LogP contribution in [0.2, 0.25) is 0 Å². The highest BCUT2D eigenvalue weighted by Gasteiger charge is 2.14. The predicted molar refractivity (Wildman–Crippen MR) is 78.5 cm³/mol. The van der Waals surface area contributed by atoms with Gasteiger partial charge < -0.3 is 20.0 Å². The molecule has 0 heterocycles. The Hall–Kier alpha value is -3.03. The lowest BCUT2D eigenvalue weighted by molar-refractivity contribution is -0.137. The molecular weight excluding hydrogens is 292 g/mol. The minimum Gasteiger partial charge on any atom is -0.480 e. The summed E-state index contributed by atoms with van der Waals surface area (Å²) < 4.78 is 0. The van der Waals surface area contributed by atoms with E-state index in [0.29, 0.717) is 11.4 Å². The standard InChI is InChI=1S/C14H16N2O6/c1-9(2)14(21)22-15-10-3-5-11(6-4-10)16(7-12(17)18)8-13(19)20/h3-6,15H,1,7-8H2,2H3,(H,17,18)(H,19,20). The Morgan fingerprint density at radius 3 is 2.05 bits per heavy atom. The normalized spacial score (nSPS) is 9.68. The molecule has 0 aliphatic heterocycles. The number of carboxylic acids is 2. The summed E-state index contributed by atoms with van der Waals surface area (Å²) >= 11 is 0. The van der Waals surface area contributed by atoms with Gasteiger partial charge in [0.2, 0.25) is 0 Å². The van der Waals surface area contributed by atoms with Crippen molar-refractivity contribution in [3.8, 4) is 0 Å². The van der Waals surface area contributed by atoms with Gasteiger partial charge in [0.05, 0.1) is 5.69 Å². The van der Waals surface area contributed by atoms with E-state index in [-0.39, 0.29) is 5.57 Å². The van der Waals surface area contributed by atoms with Crippen molar-refractivity contribution in [1.29, 1.82) is 0 Å². The van der Waals surface area contributed by atoms with E-state index >= 15 is 0 Å². The van der Waals surface area contributed by atoms with Gasteiger partial charge in [0.25, 0.3) is 0 Å². The van der Waals surface area contributed by atoms with Crippen molar-refractivity contribution in [2.45, 2.75) is 6.92 Å². The summed E-state index contributed by atoms with van der Waals surface area (Å²) in [5.74, 6) is -2.89. The number of hydrogen-bond donors (Lipinski definition) is 3. The van der Waals surface area contributed by atoms with Crippen LogP contribution in [0.15, 0.2) is 36.4 Å². The van der Waals surface area contributed by atoms with Crippen molar-refractivity contribution in [2.75, 3.05) is 23.5 Å². The lowest BCUT2D eigenvalue weighted by Gasteiger charge is -2.20. The summed E-state index contributed by atoms with van der Waals surface area (Å²) in [5.41, 5.74) is 3.51. The molecule has 118 valence electrons. The second kappa shape index (κ2) is 7.67. The third kappa shape index (κ3) is 5.53. The summed E-state index contributed by atoms with van der Waals surface area (Å²) in [6, 6.07) is 6.08. The largest absolute Gasteiger partial charge is 0.480 e. The van der Waals surface area contributed by atoms with Crippen molar-refractivity contribution in [3.05, 3.63) is 36.4 Å². The molecule has 8 nitrogen and oxygen atoms in total. The lowest BCUT2D eigenvalue weighted by atomic mass is 10.2. The summed E-state index contributed by atoms with van der Waals surface area (Å²) in [6.07, 6.45) is 0. The number of carbonyl (C=O) groups excluding carboxylic acids is 1. The predicted octanol–water partition coefficient (Wildman–Crippen LogP) is 1.11. The molecule has 0 atom stereocenters. The van der Waals surface area contributed by atoms with Crippen LogP contribution >= 0.6 is 0 Å². The molecule has 8 heteroatoms. The Bertz CT molecular complexity index is 566. The molecule has 1 aromatic carbocycles. The zero-order chi connectivity index (χ0) is 16.7. The van der Waals surface area contributed by atoms with E-state index in [9.17, 15) is 14.4 Å². The van der Waals surface area contributed by atoms with Crippen molar-refractivity contribution in [3.63, 3.8) is 0 Å². The van der Waals surface area contributed by atoms with Gasteiger partial charge in [-0.25, -0.2) is 10.3 Å². The first-order chi connectivity index (χ1) is 10.3. The molecule has 0 saturated carbocycles. The Kier molecular flexibility index (Phi) is 5.94. The van der Waals surface area contributed by atoms with Gasteiger partial charge in [0.15, 0.2) is 0 Å². The monoisotopic (exact) mass is 308 g/mol. The third-order valence-electron chi connectivity index (χ3n) is 2.49. The van der Waals surface area contributed by atoms with Crippen LogP contribution in [0.1, 0.15) is 6.92 Å². The molecule has 0 saturated heterocycles. The minimum absolute atomic E-state index is 0.234. The van der Waals surface area contributed by atoms with Gasteiger partial charge >= 0.3 is 17.9 Å². The number of benzene rings is 1. The second-order valence-electron chi connectivity index (χ2n) is 4.46. The van der Waals surface area contributed by atoms with E-state index in [4.69, 9.17) is 15.1 Å². The molecule has 0 aromatic heterocycles. The van der Waals surface area contributed by atoms with E-state index in [1.54, 1.807) is 0 Å². The number of rotatable bonds is 8. The Labute approximate surface area is 126 Å². The molecule has 1 aromatic rings. The van der Waals surface area contributed by atoms with E-state index in [1.165, 1.54) is 36.1 Å². The molecule has 0 spiro atoms. The molecule has 0 unspecified atom stereocenters. The topological polar surface area (TPSA) is 116 Å². The molecule has 3 N–H and O–H groups in total. The van der Waals surface area contributed by atoms with Crippen LogP contribution in [0.3, 0.4) is 0 Å². The van der Waals surface area contributed by atoms with E-state index < -0.39 is 31.0 Å². The highest BCUT2D eigenvalue weighted by atomic mass is 16.7. The van der Waals surface area contributed by atoms with Gasteiger partial charge in [-0.1, -0.05) is 6.58 Å². The summed E-state index contributed by atoms with van der Waals surface area (Å²) in [5, 5.41) is 17.6.